The lowest BCUT2D eigenvalue weighted by atomic mass is 9.84. The first-order valence-corrected chi connectivity index (χ1v) is 10.3. The molecule has 0 saturated carbocycles. The van der Waals surface area contributed by atoms with Gasteiger partial charge in [0.15, 0.2) is 5.78 Å². The molecule has 5 rings (SSSR count). The van der Waals surface area contributed by atoms with E-state index in [0.29, 0.717) is 41.7 Å². The summed E-state index contributed by atoms with van der Waals surface area (Å²) < 4.78 is 10.9. The molecule has 1 spiro atoms. The van der Waals surface area contributed by atoms with Crippen LogP contribution in [0.1, 0.15) is 18.7 Å². The Kier molecular flexibility index (Phi) is 4.59. The summed E-state index contributed by atoms with van der Waals surface area (Å²) in [5, 5.41) is 3.39. The lowest BCUT2D eigenvalue weighted by molar-refractivity contribution is -0.118. The maximum atomic E-state index is 13.9. The first kappa shape index (κ1) is 19.4. The van der Waals surface area contributed by atoms with Gasteiger partial charge in [-0.25, -0.2) is 4.98 Å². The summed E-state index contributed by atoms with van der Waals surface area (Å²) in [6.07, 6.45) is 1.55. The lowest BCUT2D eigenvalue weighted by Crippen LogP contribution is -2.59. The Balaban J connectivity index is 1.71. The van der Waals surface area contributed by atoms with Crippen LogP contribution in [0.3, 0.4) is 0 Å². The highest BCUT2D eigenvalue weighted by molar-refractivity contribution is 6.30. The highest BCUT2D eigenvalue weighted by Gasteiger charge is 2.54. The number of methoxy groups -OCH3 is 2. The van der Waals surface area contributed by atoms with E-state index in [-0.39, 0.29) is 5.78 Å². The van der Waals surface area contributed by atoms with Crippen molar-refractivity contribution in [2.24, 2.45) is 5.73 Å². The Hall–Kier alpha value is -3.52. The number of nitrogens with two attached hydrogens (primary N) is 1. The third-order valence-corrected chi connectivity index (χ3v) is 6.16. The van der Waals surface area contributed by atoms with Crippen LogP contribution in [0.2, 0.25) is 0 Å². The number of aromatic nitrogens is 2. The second kappa shape index (κ2) is 7.31. The molecule has 1 saturated heterocycles. The number of imidazole rings is 1. The van der Waals surface area contributed by atoms with Crippen molar-refractivity contribution in [3.05, 3.63) is 54.1 Å². The van der Waals surface area contributed by atoms with E-state index in [1.165, 1.54) is 0 Å². The quantitative estimate of drug-likeness (QED) is 0.596. The second-order valence-corrected chi connectivity index (χ2v) is 7.91. The molecule has 2 aliphatic rings. The number of piperidine rings is 1. The number of nitrogens with zero attached hydrogens (tertiary/aromatic N) is 2. The van der Waals surface area contributed by atoms with Crippen LogP contribution in [0.15, 0.2) is 48.3 Å². The molecule has 1 atom stereocenters. The number of rotatable bonds is 4. The fourth-order valence-electron chi connectivity index (χ4n) is 4.67. The molecule has 2 aromatic carbocycles. The van der Waals surface area contributed by atoms with Crippen molar-refractivity contribution in [3.8, 4) is 11.5 Å². The van der Waals surface area contributed by atoms with Crippen LogP contribution in [0.4, 0.5) is 5.69 Å². The number of benzene rings is 2. The largest absolute Gasteiger partial charge is 0.497 e. The van der Waals surface area contributed by atoms with Crippen LogP contribution in [-0.2, 0) is 4.79 Å². The van der Waals surface area contributed by atoms with Crippen molar-refractivity contribution >= 4 is 28.1 Å². The lowest BCUT2D eigenvalue weighted by Gasteiger charge is -2.42. The number of hydrogen-bond acceptors (Lipinski definition) is 7. The summed E-state index contributed by atoms with van der Waals surface area (Å²) in [5.74, 6) is 2.10. The molecule has 0 amide bonds. The van der Waals surface area contributed by atoms with Gasteiger partial charge in [0.2, 0.25) is 0 Å². The average molecular weight is 419 g/mol. The smallest absolute Gasteiger partial charge is 0.197 e. The van der Waals surface area contributed by atoms with Crippen LogP contribution in [0.5, 0.6) is 11.5 Å². The molecule has 0 radical (unpaired) electrons. The van der Waals surface area contributed by atoms with Crippen molar-refractivity contribution in [1.82, 2.24) is 15.3 Å². The van der Waals surface area contributed by atoms with Gasteiger partial charge in [-0.1, -0.05) is 12.1 Å². The van der Waals surface area contributed by atoms with E-state index in [0.717, 1.165) is 29.7 Å². The number of anilines is 1. The molecule has 2 aliphatic heterocycles. The highest BCUT2D eigenvalue weighted by atomic mass is 16.5. The normalized spacial score (nSPS) is 21.4. The molecule has 8 nitrogen and oxygen atoms in total. The summed E-state index contributed by atoms with van der Waals surface area (Å²) in [6, 6.07) is 13.2. The molecule has 4 N–H and O–H groups in total. The van der Waals surface area contributed by atoms with Gasteiger partial charge < -0.3 is 30.4 Å². The Morgan fingerprint density at radius 3 is 2.52 bits per heavy atom. The Bertz CT molecular complexity index is 1140. The summed E-state index contributed by atoms with van der Waals surface area (Å²) in [5.41, 5.74) is 8.70. The molecule has 1 unspecified atom stereocenters. The fraction of sp³-hybridized carbons (Fsp3) is 0.304. The molecule has 0 aliphatic carbocycles. The molecule has 8 heteroatoms. The topological polar surface area (TPSA) is 106 Å². The number of fused-ring (bicyclic) bond motifs is 1. The van der Waals surface area contributed by atoms with Gasteiger partial charge >= 0.3 is 0 Å². The van der Waals surface area contributed by atoms with Gasteiger partial charge in [0.25, 0.3) is 0 Å². The fourth-order valence-corrected chi connectivity index (χ4v) is 4.67. The van der Waals surface area contributed by atoms with Gasteiger partial charge in [0.1, 0.15) is 34.3 Å². The van der Waals surface area contributed by atoms with Crippen LogP contribution < -0.4 is 25.4 Å². The van der Waals surface area contributed by atoms with Gasteiger partial charge in [0, 0.05) is 24.7 Å². The van der Waals surface area contributed by atoms with Crippen molar-refractivity contribution in [2.75, 3.05) is 32.2 Å². The van der Waals surface area contributed by atoms with Gasteiger partial charge in [-0.3, -0.25) is 4.79 Å². The molecular formula is C23H25N5O3. The van der Waals surface area contributed by atoms with E-state index in [4.69, 9.17) is 15.2 Å². The molecule has 1 aromatic heterocycles. The number of ether oxygens (including phenoxy) is 2. The number of para-hydroxylation sites is 2. The van der Waals surface area contributed by atoms with Gasteiger partial charge in [-0.05, 0) is 31.5 Å². The SMILES string of the molecule is COc1cc(OC)cc(N2C(N)=C(c3nc4ccccc4[nH]3)C(=O)C23CCCNC3)c1. The summed E-state index contributed by atoms with van der Waals surface area (Å²) in [7, 11) is 3.20. The number of carbonyl (C=O) groups excluding carboxylic acids is 1. The predicted molar refractivity (Wildman–Crippen MR) is 119 cm³/mol. The number of carbonyl (C=O) groups is 1. The average Bonchev–Trinajstić information content (AvgIpc) is 3.30. The van der Waals surface area contributed by atoms with E-state index in [9.17, 15) is 4.79 Å². The van der Waals surface area contributed by atoms with Gasteiger partial charge in [0.05, 0.1) is 30.9 Å². The van der Waals surface area contributed by atoms with Crippen molar-refractivity contribution in [3.63, 3.8) is 0 Å². The molecule has 0 bridgehead atoms. The number of nitrogens with one attached hydrogen (secondary N) is 2. The van der Waals surface area contributed by atoms with Crippen LogP contribution in [-0.4, -0.2) is 48.6 Å². The van der Waals surface area contributed by atoms with E-state index in [1.54, 1.807) is 20.3 Å². The van der Waals surface area contributed by atoms with Crippen LogP contribution in [0.25, 0.3) is 16.6 Å². The standard InChI is InChI=1S/C23H25N5O3/c1-30-15-10-14(11-16(12-15)31-2)28-21(24)19(20(29)23(28)8-5-9-25-13-23)22-26-17-6-3-4-7-18(17)27-22/h3-4,6-7,10-12,25H,5,8-9,13,24H2,1-2H3,(H,26,27). The predicted octanol–water partition coefficient (Wildman–Crippen LogP) is 2.42. The monoisotopic (exact) mass is 419 g/mol. The number of Topliss-reactive ketones (excluding diaryl/α,β-unsaturated/α-hetero) is 1. The Labute approximate surface area is 180 Å². The zero-order chi connectivity index (χ0) is 21.6. The minimum absolute atomic E-state index is 0.0296. The minimum atomic E-state index is -0.825. The number of H-pyrrole nitrogens is 1. The molecule has 3 heterocycles. The minimum Gasteiger partial charge on any atom is -0.497 e. The van der Waals surface area contributed by atoms with Crippen molar-refractivity contribution in [2.45, 2.75) is 18.4 Å². The maximum absolute atomic E-state index is 13.9. The molecule has 1 fully saturated rings. The number of hydrogen-bond donors (Lipinski definition) is 3. The summed E-state index contributed by atoms with van der Waals surface area (Å²) in [4.78, 5) is 23.8. The van der Waals surface area contributed by atoms with Crippen LogP contribution >= 0.6 is 0 Å². The Morgan fingerprint density at radius 2 is 1.87 bits per heavy atom. The van der Waals surface area contributed by atoms with E-state index >= 15 is 0 Å². The van der Waals surface area contributed by atoms with E-state index < -0.39 is 5.54 Å². The molecular weight excluding hydrogens is 394 g/mol. The second-order valence-electron chi connectivity index (χ2n) is 7.91. The summed E-state index contributed by atoms with van der Waals surface area (Å²) in [6.45, 7) is 1.36. The first-order chi connectivity index (χ1) is 15.1. The molecule has 160 valence electrons. The van der Waals surface area contributed by atoms with E-state index in [2.05, 4.69) is 15.3 Å². The molecule has 31 heavy (non-hydrogen) atoms. The summed E-state index contributed by atoms with van der Waals surface area (Å²) >= 11 is 0. The first-order valence-electron chi connectivity index (χ1n) is 10.3. The van der Waals surface area contributed by atoms with Crippen molar-refractivity contribution in [1.29, 1.82) is 0 Å². The zero-order valence-electron chi connectivity index (χ0n) is 17.6. The zero-order valence-corrected chi connectivity index (χ0v) is 17.6. The maximum Gasteiger partial charge on any atom is 0.197 e. The van der Waals surface area contributed by atoms with Gasteiger partial charge in [-0.2, -0.15) is 0 Å². The number of ketones is 1. The van der Waals surface area contributed by atoms with Crippen LogP contribution in [0, 0.1) is 0 Å². The highest BCUT2D eigenvalue weighted by Crippen LogP contribution is 2.45. The third-order valence-electron chi connectivity index (χ3n) is 6.16. The number of aromatic amines is 1. The third kappa shape index (κ3) is 2.94. The van der Waals surface area contributed by atoms with Gasteiger partial charge in [-0.15, -0.1) is 0 Å². The van der Waals surface area contributed by atoms with E-state index in [1.807, 2.05) is 41.3 Å². The Morgan fingerprint density at radius 1 is 1.13 bits per heavy atom. The molecule has 3 aromatic rings. The van der Waals surface area contributed by atoms with Crippen molar-refractivity contribution < 1.29 is 14.3 Å².